The van der Waals surface area contributed by atoms with Gasteiger partial charge in [0.2, 0.25) is 0 Å². The summed E-state index contributed by atoms with van der Waals surface area (Å²) in [4.78, 5) is 12.0. The highest BCUT2D eigenvalue weighted by Gasteiger charge is 2.10. The van der Waals surface area contributed by atoms with E-state index >= 15 is 0 Å². The number of thioether (sulfide) groups is 1. The predicted octanol–water partition coefficient (Wildman–Crippen LogP) is 3.99. The summed E-state index contributed by atoms with van der Waals surface area (Å²) < 4.78 is 0. The molecule has 92 valence electrons. The van der Waals surface area contributed by atoms with Gasteiger partial charge in [-0.05, 0) is 24.6 Å². The average molecular weight is 258 g/mol. The van der Waals surface area contributed by atoms with E-state index in [2.05, 4.69) is 0 Å². The summed E-state index contributed by atoms with van der Waals surface area (Å²) in [5.41, 5.74) is 2.55. The van der Waals surface area contributed by atoms with Crippen molar-refractivity contribution in [2.24, 2.45) is 0 Å². The van der Waals surface area contributed by atoms with Crippen molar-refractivity contribution in [1.29, 1.82) is 0 Å². The Bertz CT molecular complexity index is 550. The van der Waals surface area contributed by atoms with Gasteiger partial charge in [-0.3, -0.25) is 0 Å². The maximum absolute atomic E-state index is 11.2. The van der Waals surface area contributed by atoms with E-state index in [4.69, 9.17) is 0 Å². The van der Waals surface area contributed by atoms with Crippen LogP contribution in [0.5, 0.6) is 0 Å². The Hall–Kier alpha value is -1.74. The van der Waals surface area contributed by atoms with E-state index in [1.807, 2.05) is 49.4 Å². The molecule has 0 amide bonds. The van der Waals surface area contributed by atoms with Crippen LogP contribution < -0.4 is 0 Å². The first kappa shape index (κ1) is 12.7. The maximum Gasteiger partial charge on any atom is 0.336 e. The zero-order valence-electron chi connectivity index (χ0n) is 10.1. The molecule has 0 aliphatic carbocycles. The lowest BCUT2D eigenvalue weighted by Gasteiger charge is -2.07. The quantitative estimate of drug-likeness (QED) is 0.843. The minimum absolute atomic E-state index is 0.385. The molecule has 3 heteroatoms. The van der Waals surface area contributed by atoms with Crippen molar-refractivity contribution in [2.75, 3.05) is 0 Å². The highest BCUT2D eigenvalue weighted by Crippen LogP contribution is 2.27. The van der Waals surface area contributed by atoms with Gasteiger partial charge in [0.05, 0.1) is 5.56 Å². The molecule has 0 heterocycles. The second-order valence-electron chi connectivity index (χ2n) is 4.08. The number of aromatic carboxylic acids is 1. The monoisotopic (exact) mass is 258 g/mol. The highest BCUT2D eigenvalue weighted by molar-refractivity contribution is 7.98. The Balaban J connectivity index is 2.17. The topological polar surface area (TPSA) is 37.3 Å². The molecule has 0 aliphatic heterocycles. The second-order valence-corrected chi connectivity index (χ2v) is 5.10. The summed E-state index contributed by atoms with van der Waals surface area (Å²) in [6, 6.07) is 15.6. The first-order valence-corrected chi connectivity index (χ1v) is 6.66. The molecule has 2 aromatic rings. The van der Waals surface area contributed by atoms with Gasteiger partial charge in [-0.1, -0.05) is 42.0 Å². The van der Waals surface area contributed by atoms with E-state index in [0.717, 1.165) is 16.2 Å². The molecule has 0 bridgehead atoms. The van der Waals surface area contributed by atoms with E-state index in [0.29, 0.717) is 5.56 Å². The third-order valence-electron chi connectivity index (χ3n) is 2.60. The maximum atomic E-state index is 11.2. The lowest BCUT2D eigenvalue weighted by atomic mass is 10.1. The third-order valence-corrected chi connectivity index (χ3v) is 3.75. The Morgan fingerprint density at radius 2 is 1.89 bits per heavy atom. The summed E-state index contributed by atoms with van der Waals surface area (Å²) in [5, 5.41) is 9.17. The molecule has 0 saturated carbocycles. The molecule has 0 unspecified atom stereocenters. The standard InChI is InChI=1S/C15H14O2S/c1-11-7-8-14(13(9-11)15(16)17)18-10-12-5-3-2-4-6-12/h2-9H,10H2,1H3,(H,16,17). The van der Waals surface area contributed by atoms with Crippen molar-refractivity contribution < 1.29 is 9.90 Å². The molecule has 18 heavy (non-hydrogen) atoms. The van der Waals surface area contributed by atoms with E-state index in [1.165, 1.54) is 5.56 Å². The number of carbonyl (C=O) groups is 1. The number of hydrogen-bond donors (Lipinski definition) is 1. The number of aryl methyl sites for hydroxylation is 1. The van der Waals surface area contributed by atoms with Gasteiger partial charge in [0.15, 0.2) is 0 Å². The molecule has 2 rings (SSSR count). The van der Waals surface area contributed by atoms with Crippen molar-refractivity contribution in [3.63, 3.8) is 0 Å². The molecule has 0 atom stereocenters. The molecule has 0 aromatic heterocycles. The fraction of sp³-hybridized carbons (Fsp3) is 0.133. The van der Waals surface area contributed by atoms with Gasteiger partial charge >= 0.3 is 5.97 Å². The summed E-state index contributed by atoms with van der Waals surface area (Å²) in [6.07, 6.45) is 0. The van der Waals surface area contributed by atoms with Crippen LogP contribution in [0.3, 0.4) is 0 Å². The van der Waals surface area contributed by atoms with Crippen LogP contribution >= 0.6 is 11.8 Å². The Morgan fingerprint density at radius 1 is 1.17 bits per heavy atom. The molecule has 0 aliphatic rings. The minimum Gasteiger partial charge on any atom is -0.478 e. The molecular formula is C15H14O2S. The van der Waals surface area contributed by atoms with Gasteiger partial charge in [-0.25, -0.2) is 4.79 Å². The largest absolute Gasteiger partial charge is 0.478 e. The fourth-order valence-corrected chi connectivity index (χ4v) is 2.65. The molecule has 0 spiro atoms. The van der Waals surface area contributed by atoms with Gasteiger partial charge in [0, 0.05) is 10.6 Å². The first-order valence-electron chi connectivity index (χ1n) is 5.67. The van der Waals surface area contributed by atoms with Gasteiger partial charge in [0.25, 0.3) is 0 Å². The van der Waals surface area contributed by atoms with Crippen LogP contribution in [0.2, 0.25) is 0 Å². The molecule has 2 aromatic carbocycles. The van der Waals surface area contributed by atoms with E-state index in [1.54, 1.807) is 17.8 Å². The van der Waals surface area contributed by atoms with Crippen LogP contribution in [-0.2, 0) is 5.75 Å². The molecule has 2 nitrogen and oxygen atoms in total. The summed E-state index contributed by atoms with van der Waals surface area (Å²) in [5.74, 6) is -0.0845. The minimum atomic E-state index is -0.866. The lowest BCUT2D eigenvalue weighted by molar-refractivity contribution is 0.0693. The number of carboxylic acids is 1. The van der Waals surface area contributed by atoms with Crippen molar-refractivity contribution in [1.82, 2.24) is 0 Å². The van der Waals surface area contributed by atoms with Crippen LogP contribution in [0.4, 0.5) is 0 Å². The Morgan fingerprint density at radius 3 is 2.56 bits per heavy atom. The number of benzene rings is 2. The van der Waals surface area contributed by atoms with E-state index in [-0.39, 0.29) is 0 Å². The normalized spacial score (nSPS) is 10.3. The van der Waals surface area contributed by atoms with Crippen LogP contribution in [0, 0.1) is 6.92 Å². The van der Waals surface area contributed by atoms with Crippen LogP contribution in [-0.4, -0.2) is 11.1 Å². The van der Waals surface area contributed by atoms with Gasteiger partial charge < -0.3 is 5.11 Å². The van der Waals surface area contributed by atoms with Crippen LogP contribution in [0.1, 0.15) is 21.5 Å². The molecule has 0 radical (unpaired) electrons. The summed E-state index contributed by atoms with van der Waals surface area (Å²) in [7, 11) is 0. The number of carboxylic acid groups (broad SMARTS) is 1. The molecule has 1 N–H and O–H groups in total. The number of hydrogen-bond acceptors (Lipinski definition) is 2. The van der Waals surface area contributed by atoms with Crippen LogP contribution in [0.25, 0.3) is 0 Å². The van der Waals surface area contributed by atoms with Crippen molar-refractivity contribution in [2.45, 2.75) is 17.6 Å². The summed E-state index contributed by atoms with van der Waals surface area (Å²) >= 11 is 1.56. The highest BCUT2D eigenvalue weighted by atomic mass is 32.2. The smallest absolute Gasteiger partial charge is 0.336 e. The van der Waals surface area contributed by atoms with Crippen molar-refractivity contribution >= 4 is 17.7 Å². The van der Waals surface area contributed by atoms with Gasteiger partial charge in [-0.2, -0.15) is 0 Å². The third kappa shape index (κ3) is 3.14. The molecule has 0 fully saturated rings. The predicted molar refractivity (Wildman–Crippen MR) is 74.1 cm³/mol. The number of rotatable bonds is 4. The Labute approximate surface area is 111 Å². The zero-order valence-corrected chi connectivity index (χ0v) is 10.9. The van der Waals surface area contributed by atoms with E-state index in [9.17, 15) is 9.90 Å². The summed E-state index contributed by atoms with van der Waals surface area (Å²) in [6.45, 7) is 1.90. The van der Waals surface area contributed by atoms with Gasteiger partial charge in [0.1, 0.15) is 0 Å². The first-order chi connectivity index (χ1) is 8.66. The van der Waals surface area contributed by atoms with Crippen molar-refractivity contribution in [3.05, 3.63) is 65.2 Å². The average Bonchev–Trinajstić information content (AvgIpc) is 2.38. The SMILES string of the molecule is Cc1ccc(SCc2ccccc2)c(C(=O)O)c1. The lowest BCUT2D eigenvalue weighted by Crippen LogP contribution is -1.99. The van der Waals surface area contributed by atoms with Gasteiger partial charge in [-0.15, -0.1) is 11.8 Å². The van der Waals surface area contributed by atoms with Crippen LogP contribution in [0.15, 0.2) is 53.4 Å². The zero-order chi connectivity index (χ0) is 13.0. The second kappa shape index (κ2) is 5.74. The fourth-order valence-electron chi connectivity index (χ4n) is 1.67. The molecular weight excluding hydrogens is 244 g/mol. The Kier molecular flexibility index (Phi) is 4.05. The van der Waals surface area contributed by atoms with Crippen molar-refractivity contribution in [3.8, 4) is 0 Å². The molecule has 0 saturated heterocycles. The van der Waals surface area contributed by atoms with E-state index < -0.39 is 5.97 Å².